The Bertz CT molecular complexity index is 151. The Labute approximate surface area is 62.5 Å². The summed E-state index contributed by atoms with van der Waals surface area (Å²) in [6.45, 7) is -0.161. The van der Waals surface area contributed by atoms with E-state index in [-0.39, 0.29) is 13.2 Å². The van der Waals surface area contributed by atoms with Crippen LogP contribution in [0.2, 0.25) is 0 Å². The van der Waals surface area contributed by atoms with Crippen molar-refractivity contribution in [1.29, 1.82) is 0 Å². The lowest BCUT2D eigenvalue weighted by Crippen LogP contribution is -2.51. The third-order valence-corrected chi connectivity index (χ3v) is 1.61. The molecule has 6 nitrogen and oxygen atoms in total. The summed E-state index contributed by atoms with van der Waals surface area (Å²) in [6, 6.07) is -1.30. The van der Waals surface area contributed by atoms with Crippen molar-refractivity contribution in [2.24, 2.45) is 0 Å². The predicted octanol–water partition coefficient (Wildman–Crippen LogP) is -1.62. The van der Waals surface area contributed by atoms with Crippen molar-refractivity contribution in [2.45, 2.75) is 18.2 Å². The Morgan fingerprint density at radius 1 is 1.36 bits per heavy atom. The van der Waals surface area contributed by atoms with Crippen LogP contribution < -0.4 is 0 Å². The van der Waals surface area contributed by atoms with Gasteiger partial charge in [0.2, 0.25) is 0 Å². The first kappa shape index (κ1) is 8.38. The zero-order chi connectivity index (χ0) is 8.43. The zero-order valence-electron chi connectivity index (χ0n) is 5.71. The molecular weight excluding hydrogens is 154 g/mol. The van der Waals surface area contributed by atoms with Gasteiger partial charge in [0.25, 0.3) is 6.04 Å². The van der Waals surface area contributed by atoms with E-state index in [1.54, 1.807) is 0 Å². The molecule has 0 spiro atoms. The smallest absolute Gasteiger partial charge is 0.268 e. The number of nitrogens with zero attached hydrogens (tertiary/aromatic N) is 1. The zero-order valence-corrected chi connectivity index (χ0v) is 5.71. The lowest BCUT2D eigenvalue weighted by Gasteiger charge is -2.25. The van der Waals surface area contributed by atoms with Crippen LogP contribution in [0, 0.1) is 10.1 Å². The fourth-order valence-corrected chi connectivity index (χ4v) is 1.04. The molecule has 0 aromatic heterocycles. The van der Waals surface area contributed by atoms with Crippen molar-refractivity contribution < 1.29 is 19.9 Å². The minimum atomic E-state index is -1.30. The molecule has 0 saturated carbocycles. The third kappa shape index (κ3) is 1.65. The molecule has 0 aliphatic carbocycles. The fraction of sp³-hybridized carbons (Fsp3) is 1.00. The highest BCUT2D eigenvalue weighted by Gasteiger charge is 2.40. The van der Waals surface area contributed by atoms with Gasteiger partial charge in [0.15, 0.2) is 0 Å². The van der Waals surface area contributed by atoms with Gasteiger partial charge in [-0.05, 0) is 0 Å². The van der Waals surface area contributed by atoms with Gasteiger partial charge in [-0.3, -0.25) is 10.1 Å². The molecule has 0 amide bonds. The average Bonchev–Trinajstić information content (AvgIpc) is 1.85. The van der Waals surface area contributed by atoms with Gasteiger partial charge in [-0.2, -0.15) is 0 Å². The Morgan fingerprint density at radius 2 is 1.82 bits per heavy atom. The normalized spacial score (nSPS) is 38.5. The standard InChI is InChI=1S/C5H9NO5/c7-3-1-11-2-4(8)5(3)6(9)10/h3-5,7-8H,1-2H2/t3-,4+,5?. The fourth-order valence-electron chi connectivity index (χ4n) is 1.04. The van der Waals surface area contributed by atoms with Crippen LogP contribution in [0.3, 0.4) is 0 Å². The number of aliphatic hydroxyl groups excluding tert-OH is 2. The molecular formula is C5H9NO5. The minimum absolute atomic E-state index is 0.0806. The highest BCUT2D eigenvalue weighted by molar-refractivity contribution is 4.79. The monoisotopic (exact) mass is 163 g/mol. The Morgan fingerprint density at radius 3 is 2.09 bits per heavy atom. The molecule has 1 unspecified atom stereocenters. The molecule has 3 atom stereocenters. The first-order valence-electron chi connectivity index (χ1n) is 3.20. The second kappa shape index (κ2) is 3.12. The SMILES string of the molecule is O=[N+]([O-])C1[C@H](O)COC[C@@H]1O. The summed E-state index contributed by atoms with van der Waals surface area (Å²) in [5, 5.41) is 28.2. The maximum absolute atomic E-state index is 10.2. The van der Waals surface area contributed by atoms with Crippen LogP contribution in [0.5, 0.6) is 0 Å². The van der Waals surface area contributed by atoms with Crippen molar-refractivity contribution in [3.8, 4) is 0 Å². The molecule has 1 fully saturated rings. The maximum Gasteiger partial charge on any atom is 0.268 e. The van der Waals surface area contributed by atoms with Crippen LogP contribution in [-0.2, 0) is 4.74 Å². The first-order valence-corrected chi connectivity index (χ1v) is 3.20. The maximum atomic E-state index is 10.2. The summed E-state index contributed by atoms with van der Waals surface area (Å²) in [7, 11) is 0. The molecule has 0 aromatic rings. The molecule has 2 N–H and O–H groups in total. The molecule has 1 aliphatic heterocycles. The molecule has 1 heterocycles. The molecule has 1 rings (SSSR count). The summed E-state index contributed by atoms with van der Waals surface area (Å²) in [5.41, 5.74) is 0. The van der Waals surface area contributed by atoms with Gasteiger partial charge in [0, 0.05) is 4.92 Å². The van der Waals surface area contributed by atoms with Gasteiger partial charge in [-0.15, -0.1) is 0 Å². The van der Waals surface area contributed by atoms with Crippen LogP contribution in [0.15, 0.2) is 0 Å². The van der Waals surface area contributed by atoms with Crippen molar-refractivity contribution in [3.05, 3.63) is 10.1 Å². The molecule has 6 heteroatoms. The van der Waals surface area contributed by atoms with E-state index in [0.29, 0.717) is 0 Å². The van der Waals surface area contributed by atoms with E-state index in [1.807, 2.05) is 0 Å². The summed E-state index contributed by atoms with van der Waals surface area (Å²) in [5.74, 6) is 0. The van der Waals surface area contributed by atoms with Gasteiger partial charge in [0.1, 0.15) is 12.2 Å². The number of hydrogen-bond donors (Lipinski definition) is 2. The van der Waals surface area contributed by atoms with Crippen LogP contribution >= 0.6 is 0 Å². The highest BCUT2D eigenvalue weighted by Crippen LogP contribution is 2.11. The highest BCUT2D eigenvalue weighted by atomic mass is 16.6. The van der Waals surface area contributed by atoms with Gasteiger partial charge >= 0.3 is 0 Å². The van der Waals surface area contributed by atoms with E-state index < -0.39 is 23.2 Å². The quantitative estimate of drug-likeness (QED) is 0.358. The van der Waals surface area contributed by atoms with Crippen molar-refractivity contribution in [3.63, 3.8) is 0 Å². The first-order chi connectivity index (χ1) is 5.13. The third-order valence-electron chi connectivity index (χ3n) is 1.61. The van der Waals surface area contributed by atoms with Crippen LogP contribution in [0.1, 0.15) is 0 Å². The molecule has 11 heavy (non-hydrogen) atoms. The van der Waals surface area contributed by atoms with E-state index in [0.717, 1.165) is 0 Å². The van der Waals surface area contributed by atoms with E-state index in [4.69, 9.17) is 10.2 Å². The van der Waals surface area contributed by atoms with Crippen LogP contribution in [0.25, 0.3) is 0 Å². The summed E-state index contributed by atoms with van der Waals surface area (Å²) in [4.78, 5) is 9.52. The Hall–Kier alpha value is -0.720. The van der Waals surface area contributed by atoms with Gasteiger partial charge < -0.3 is 14.9 Å². The number of nitro groups is 1. The van der Waals surface area contributed by atoms with E-state index in [9.17, 15) is 10.1 Å². The topological polar surface area (TPSA) is 92.8 Å². The summed E-state index contributed by atoms with van der Waals surface area (Å²) < 4.78 is 4.67. The minimum Gasteiger partial charge on any atom is -0.383 e. The Balaban J connectivity index is 2.62. The number of rotatable bonds is 1. The number of aliphatic hydroxyl groups is 2. The molecule has 0 bridgehead atoms. The molecule has 64 valence electrons. The van der Waals surface area contributed by atoms with Crippen LogP contribution in [0.4, 0.5) is 0 Å². The summed E-state index contributed by atoms with van der Waals surface area (Å²) in [6.07, 6.45) is -2.40. The van der Waals surface area contributed by atoms with Gasteiger partial charge in [-0.25, -0.2) is 0 Å². The summed E-state index contributed by atoms with van der Waals surface area (Å²) >= 11 is 0. The van der Waals surface area contributed by atoms with Crippen molar-refractivity contribution in [2.75, 3.05) is 13.2 Å². The van der Waals surface area contributed by atoms with E-state index in [1.165, 1.54) is 0 Å². The van der Waals surface area contributed by atoms with E-state index >= 15 is 0 Å². The molecule has 1 aliphatic rings. The average molecular weight is 163 g/mol. The van der Waals surface area contributed by atoms with Crippen LogP contribution in [-0.4, -0.2) is 46.6 Å². The number of ether oxygens (including phenoxy) is 1. The second-order valence-corrected chi connectivity index (χ2v) is 2.45. The predicted molar refractivity (Wildman–Crippen MR) is 33.6 cm³/mol. The van der Waals surface area contributed by atoms with Crippen molar-refractivity contribution in [1.82, 2.24) is 0 Å². The van der Waals surface area contributed by atoms with E-state index in [2.05, 4.69) is 4.74 Å². The molecule has 0 radical (unpaired) electrons. The Kier molecular flexibility index (Phi) is 2.38. The lowest BCUT2D eigenvalue weighted by atomic mass is 10.0. The molecule has 0 aromatic carbocycles. The number of hydrogen-bond acceptors (Lipinski definition) is 5. The van der Waals surface area contributed by atoms with Crippen molar-refractivity contribution >= 4 is 0 Å². The largest absolute Gasteiger partial charge is 0.383 e. The molecule has 1 saturated heterocycles. The van der Waals surface area contributed by atoms with Gasteiger partial charge in [-0.1, -0.05) is 0 Å². The second-order valence-electron chi connectivity index (χ2n) is 2.45. The van der Waals surface area contributed by atoms with Gasteiger partial charge in [0.05, 0.1) is 13.2 Å². The lowest BCUT2D eigenvalue weighted by molar-refractivity contribution is -0.552.